The Hall–Kier alpha value is -1.26. The summed E-state index contributed by atoms with van der Waals surface area (Å²) in [6.45, 7) is 4.32. The van der Waals surface area contributed by atoms with Gasteiger partial charge in [-0.15, -0.1) is 0 Å². The van der Waals surface area contributed by atoms with Gasteiger partial charge >= 0.3 is 12.0 Å². The number of piperidine rings is 1. The van der Waals surface area contributed by atoms with Crippen molar-refractivity contribution in [2.24, 2.45) is 5.92 Å². The summed E-state index contributed by atoms with van der Waals surface area (Å²) in [5.41, 5.74) is 0. The topological polar surface area (TPSA) is 60.9 Å². The number of rotatable bonds is 3. The Bertz CT molecular complexity index is 357. The zero-order valence-electron chi connectivity index (χ0n) is 11.8. The second kappa shape index (κ2) is 5.80. The largest absolute Gasteiger partial charge is 0.480 e. The lowest BCUT2D eigenvalue weighted by Gasteiger charge is -2.41. The van der Waals surface area contributed by atoms with E-state index in [9.17, 15) is 9.59 Å². The molecule has 2 amide bonds. The van der Waals surface area contributed by atoms with Crippen molar-refractivity contribution in [1.29, 1.82) is 0 Å². The van der Waals surface area contributed by atoms with E-state index >= 15 is 0 Å². The van der Waals surface area contributed by atoms with E-state index in [1.807, 2.05) is 18.7 Å². The smallest absolute Gasteiger partial charge is 0.323 e. The molecule has 5 heteroatoms. The van der Waals surface area contributed by atoms with Crippen molar-refractivity contribution in [2.45, 2.75) is 58.0 Å². The molecule has 0 bridgehead atoms. The van der Waals surface area contributed by atoms with Gasteiger partial charge in [0.25, 0.3) is 0 Å². The third-order valence-corrected chi connectivity index (χ3v) is 4.41. The van der Waals surface area contributed by atoms with E-state index in [4.69, 9.17) is 5.11 Å². The van der Waals surface area contributed by atoms with Crippen LogP contribution in [0.5, 0.6) is 0 Å². The molecule has 0 aromatic carbocycles. The fourth-order valence-electron chi connectivity index (χ4n) is 3.47. The van der Waals surface area contributed by atoms with Crippen molar-refractivity contribution in [2.75, 3.05) is 13.1 Å². The highest BCUT2D eigenvalue weighted by molar-refractivity contribution is 5.80. The summed E-state index contributed by atoms with van der Waals surface area (Å²) in [5, 5.41) is 8.96. The number of carboxylic acid groups (broad SMARTS) is 1. The van der Waals surface area contributed by atoms with Crippen LogP contribution in [0, 0.1) is 5.92 Å². The highest BCUT2D eigenvalue weighted by atomic mass is 16.4. The molecule has 5 nitrogen and oxygen atoms in total. The van der Waals surface area contributed by atoms with Gasteiger partial charge in [-0.25, -0.2) is 4.79 Å². The highest BCUT2D eigenvalue weighted by Crippen LogP contribution is 2.37. The molecule has 2 rings (SSSR count). The lowest BCUT2D eigenvalue weighted by molar-refractivity contribution is -0.138. The maximum atomic E-state index is 12.6. The van der Waals surface area contributed by atoms with Crippen molar-refractivity contribution in [3.05, 3.63) is 0 Å². The quantitative estimate of drug-likeness (QED) is 0.853. The summed E-state index contributed by atoms with van der Waals surface area (Å²) in [7, 11) is 0. The van der Waals surface area contributed by atoms with Crippen LogP contribution in [0.2, 0.25) is 0 Å². The average molecular weight is 268 g/mol. The number of nitrogens with zero attached hydrogens (tertiary/aromatic N) is 2. The van der Waals surface area contributed by atoms with Gasteiger partial charge in [0.2, 0.25) is 0 Å². The van der Waals surface area contributed by atoms with Crippen molar-refractivity contribution in [3.63, 3.8) is 0 Å². The van der Waals surface area contributed by atoms with E-state index in [-0.39, 0.29) is 18.6 Å². The molecule has 1 N–H and O–H groups in total. The second-order valence-electron chi connectivity index (χ2n) is 5.99. The Morgan fingerprint density at radius 3 is 2.58 bits per heavy atom. The van der Waals surface area contributed by atoms with Crippen molar-refractivity contribution in [1.82, 2.24) is 9.80 Å². The number of hydrogen-bond acceptors (Lipinski definition) is 2. The summed E-state index contributed by atoms with van der Waals surface area (Å²) in [5.74, 6) is -0.307. The minimum atomic E-state index is -0.943. The number of urea groups is 1. The molecule has 1 aliphatic heterocycles. The maximum Gasteiger partial charge on any atom is 0.323 e. The lowest BCUT2D eigenvalue weighted by atomic mass is 9.92. The Labute approximate surface area is 114 Å². The summed E-state index contributed by atoms with van der Waals surface area (Å²) >= 11 is 0. The number of fused-ring (bicyclic) bond motifs is 1. The molecule has 2 unspecified atom stereocenters. The molecule has 108 valence electrons. The minimum absolute atomic E-state index is 0.0784. The number of likely N-dealkylation sites (tertiary alicyclic amines) is 1. The van der Waals surface area contributed by atoms with Crippen molar-refractivity contribution < 1.29 is 14.7 Å². The zero-order valence-corrected chi connectivity index (χ0v) is 11.8. The van der Waals surface area contributed by atoms with Crippen LogP contribution in [0.4, 0.5) is 4.79 Å². The average Bonchev–Trinajstić information content (AvgIpc) is 2.82. The van der Waals surface area contributed by atoms with Crippen LogP contribution < -0.4 is 0 Å². The monoisotopic (exact) mass is 268 g/mol. The Morgan fingerprint density at radius 1 is 1.26 bits per heavy atom. The van der Waals surface area contributed by atoms with Gasteiger partial charge in [0, 0.05) is 18.6 Å². The molecule has 19 heavy (non-hydrogen) atoms. The molecule has 0 aromatic rings. The predicted molar refractivity (Wildman–Crippen MR) is 71.9 cm³/mol. The molecule has 1 aliphatic carbocycles. The summed E-state index contributed by atoms with van der Waals surface area (Å²) in [6.07, 6.45) is 5.76. The van der Waals surface area contributed by atoms with Gasteiger partial charge in [0.1, 0.15) is 6.54 Å². The molecule has 1 saturated heterocycles. The Morgan fingerprint density at radius 2 is 1.95 bits per heavy atom. The first-order valence-corrected chi connectivity index (χ1v) is 7.29. The standard InChI is InChI=1S/C14H24N2O3/c1-10(2)16(9-13(17)18)14(19)15-8-4-6-11-5-3-7-12(11)15/h10-12H,3-9H2,1-2H3,(H,17,18). The number of aliphatic carboxylic acids is 1. The van der Waals surface area contributed by atoms with Crippen molar-refractivity contribution in [3.8, 4) is 0 Å². The number of carboxylic acids is 1. The molecule has 2 fully saturated rings. The maximum absolute atomic E-state index is 12.6. The van der Waals surface area contributed by atoms with E-state index in [0.717, 1.165) is 19.4 Å². The number of hydrogen-bond donors (Lipinski definition) is 1. The van der Waals surface area contributed by atoms with Gasteiger partial charge in [0.15, 0.2) is 0 Å². The molecule has 0 aromatic heterocycles. The van der Waals surface area contributed by atoms with Crippen molar-refractivity contribution >= 4 is 12.0 Å². The van der Waals surface area contributed by atoms with Gasteiger partial charge < -0.3 is 14.9 Å². The highest BCUT2D eigenvalue weighted by Gasteiger charge is 2.39. The number of carbonyl (C=O) groups is 2. The van der Waals surface area contributed by atoms with Gasteiger partial charge in [-0.2, -0.15) is 0 Å². The predicted octanol–water partition coefficient (Wildman–Crippen LogP) is 2.17. The van der Waals surface area contributed by atoms with Crippen LogP contribution in [0.15, 0.2) is 0 Å². The minimum Gasteiger partial charge on any atom is -0.480 e. The fraction of sp³-hybridized carbons (Fsp3) is 0.857. The SMILES string of the molecule is CC(C)N(CC(=O)O)C(=O)N1CCCC2CCCC21. The van der Waals surface area contributed by atoms with E-state index < -0.39 is 5.97 Å². The molecule has 0 radical (unpaired) electrons. The molecule has 1 heterocycles. The first-order valence-electron chi connectivity index (χ1n) is 7.29. The van der Waals surface area contributed by atoms with E-state index in [1.54, 1.807) is 0 Å². The molecule has 2 atom stereocenters. The van der Waals surface area contributed by atoms with Gasteiger partial charge in [-0.3, -0.25) is 4.79 Å². The van der Waals surface area contributed by atoms with E-state index in [1.165, 1.54) is 24.2 Å². The number of amides is 2. The molecule has 0 spiro atoms. The summed E-state index contributed by atoms with van der Waals surface area (Å²) in [4.78, 5) is 26.9. The van der Waals surface area contributed by atoms with Crippen LogP contribution in [0.3, 0.4) is 0 Å². The van der Waals surface area contributed by atoms with Crippen LogP contribution in [-0.2, 0) is 4.79 Å². The second-order valence-corrected chi connectivity index (χ2v) is 5.99. The normalized spacial score (nSPS) is 26.4. The lowest BCUT2D eigenvalue weighted by Crippen LogP contribution is -2.54. The van der Waals surface area contributed by atoms with Gasteiger partial charge in [-0.05, 0) is 45.4 Å². The van der Waals surface area contributed by atoms with Gasteiger partial charge in [0.05, 0.1) is 0 Å². The number of carbonyl (C=O) groups excluding carboxylic acids is 1. The first-order chi connectivity index (χ1) is 9.00. The van der Waals surface area contributed by atoms with Crippen LogP contribution >= 0.6 is 0 Å². The first kappa shape index (κ1) is 14.2. The van der Waals surface area contributed by atoms with E-state index in [2.05, 4.69) is 0 Å². The molecular weight excluding hydrogens is 244 g/mol. The van der Waals surface area contributed by atoms with Crippen LogP contribution in [0.25, 0.3) is 0 Å². The molecule has 1 saturated carbocycles. The van der Waals surface area contributed by atoms with E-state index in [0.29, 0.717) is 12.0 Å². The van der Waals surface area contributed by atoms with Crippen LogP contribution in [-0.4, -0.2) is 52.1 Å². The van der Waals surface area contributed by atoms with Crippen LogP contribution in [0.1, 0.15) is 46.0 Å². The molecular formula is C14H24N2O3. The summed E-state index contributed by atoms with van der Waals surface area (Å²) in [6, 6.07) is 0.177. The Balaban J connectivity index is 2.09. The molecule has 2 aliphatic rings. The zero-order chi connectivity index (χ0) is 14.0. The Kier molecular flexibility index (Phi) is 4.32. The third-order valence-electron chi connectivity index (χ3n) is 4.41. The summed E-state index contributed by atoms with van der Waals surface area (Å²) < 4.78 is 0. The fourth-order valence-corrected chi connectivity index (χ4v) is 3.47. The third kappa shape index (κ3) is 3.01. The van der Waals surface area contributed by atoms with Gasteiger partial charge in [-0.1, -0.05) is 6.42 Å².